The number of methoxy groups -OCH3 is 1. The molecular formula is C17H21ClN4O4. The summed E-state index contributed by atoms with van der Waals surface area (Å²) in [6.07, 6.45) is 0. The van der Waals surface area contributed by atoms with Gasteiger partial charge in [-0.1, -0.05) is 18.2 Å². The molecule has 1 fully saturated rings. The second-order valence-corrected chi connectivity index (χ2v) is 5.85. The fraction of sp³-hybridized carbons (Fsp3) is 0.353. The van der Waals surface area contributed by atoms with Gasteiger partial charge in [0, 0.05) is 31.3 Å². The lowest BCUT2D eigenvalue weighted by Gasteiger charge is -2.36. The van der Waals surface area contributed by atoms with E-state index < -0.39 is 4.92 Å². The molecule has 1 unspecified atom stereocenters. The number of nitrogens with zero attached hydrogens (tertiary/aromatic N) is 3. The standard InChI is InChI=1S/C17H20N4O4.ClH/c1-19-13(7-8-16(19)21(23)24)17(22)20-10-9-18-11-14(20)12-5-3-4-6-15(12)25-2;/h3-8,14,18H,9-11H2,1-2H3;1H. The van der Waals surface area contributed by atoms with Gasteiger partial charge in [0.15, 0.2) is 5.69 Å². The minimum absolute atomic E-state index is 0. The van der Waals surface area contributed by atoms with E-state index in [0.717, 1.165) is 5.56 Å². The van der Waals surface area contributed by atoms with Crippen LogP contribution in [0.2, 0.25) is 0 Å². The molecule has 1 atom stereocenters. The van der Waals surface area contributed by atoms with Crippen molar-refractivity contribution in [1.29, 1.82) is 0 Å². The maximum atomic E-state index is 13.1. The van der Waals surface area contributed by atoms with E-state index >= 15 is 0 Å². The zero-order chi connectivity index (χ0) is 18.0. The number of piperazine rings is 1. The van der Waals surface area contributed by atoms with Gasteiger partial charge in [-0.2, -0.15) is 0 Å². The van der Waals surface area contributed by atoms with Crippen LogP contribution in [0.25, 0.3) is 0 Å². The highest BCUT2D eigenvalue weighted by molar-refractivity contribution is 5.93. The number of hydrogen-bond acceptors (Lipinski definition) is 5. The van der Waals surface area contributed by atoms with E-state index in [2.05, 4.69) is 5.32 Å². The topological polar surface area (TPSA) is 89.6 Å². The molecule has 1 aromatic heterocycles. The lowest BCUT2D eigenvalue weighted by molar-refractivity contribution is -0.391. The van der Waals surface area contributed by atoms with Gasteiger partial charge in [-0.05, 0) is 17.1 Å². The summed E-state index contributed by atoms with van der Waals surface area (Å²) in [5.74, 6) is 0.382. The van der Waals surface area contributed by atoms with Gasteiger partial charge in [0.2, 0.25) is 0 Å². The number of aromatic nitrogens is 1. The molecule has 3 rings (SSSR count). The van der Waals surface area contributed by atoms with Gasteiger partial charge in [-0.15, -0.1) is 12.4 Å². The summed E-state index contributed by atoms with van der Waals surface area (Å²) in [7, 11) is 3.13. The van der Waals surface area contributed by atoms with E-state index in [1.165, 1.54) is 23.7 Å². The maximum absolute atomic E-state index is 13.1. The molecule has 0 saturated carbocycles. The first kappa shape index (κ1) is 19.7. The minimum atomic E-state index is -0.494. The molecule has 1 N–H and O–H groups in total. The van der Waals surface area contributed by atoms with Crippen molar-refractivity contribution >= 4 is 24.1 Å². The predicted molar refractivity (Wildman–Crippen MR) is 99.0 cm³/mol. The van der Waals surface area contributed by atoms with Crippen molar-refractivity contribution in [1.82, 2.24) is 14.8 Å². The first-order chi connectivity index (χ1) is 12.0. The Morgan fingerprint density at radius 3 is 2.69 bits per heavy atom. The molecule has 1 aromatic carbocycles. The molecule has 1 aliphatic rings. The number of nitrogens with one attached hydrogen (secondary N) is 1. The van der Waals surface area contributed by atoms with Crippen LogP contribution < -0.4 is 10.1 Å². The van der Waals surface area contributed by atoms with Crippen LogP contribution in [0, 0.1) is 10.1 Å². The fourth-order valence-corrected chi connectivity index (χ4v) is 3.21. The lowest BCUT2D eigenvalue weighted by Crippen LogP contribution is -2.49. The summed E-state index contributed by atoms with van der Waals surface area (Å²) in [4.78, 5) is 25.3. The summed E-state index contributed by atoms with van der Waals surface area (Å²) in [6, 6.07) is 10.2. The number of halogens is 1. The van der Waals surface area contributed by atoms with Gasteiger partial charge < -0.3 is 25.1 Å². The lowest BCUT2D eigenvalue weighted by atomic mass is 10.0. The normalized spacial score (nSPS) is 16.7. The summed E-state index contributed by atoms with van der Waals surface area (Å²) >= 11 is 0. The molecule has 0 spiro atoms. The number of carbonyl (C=O) groups excluding carboxylic acids is 1. The molecule has 9 heteroatoms. The average molecular weight is 381 g/mol. The number of rotatable bonds is 4. The Labute approximate surface area is 157 Å². The second-order valence-electron chi connectivity index (χ2n) is 5.85. The summed E-state index contributed by atoms with van der Waals surface area (Å²) in [5.41, 5.74) is 1.21. The molecule has 2 heterocycles. The third kappa shape index (κ3) is 3.51. The molecule has 0 radical (unpaired) electrons. The van der Waals surface area contributed by atoms with Gasteiger partial charge in [0.1, 0.15) is 5.75 Å². The molecule has 0 bridgehead atoms. The number of benzene rings is 1. The van der Waals surface area contributed by atoms with Crippen molar-refractivity contribution in [3.8, 4) is 5.75 Å². The summed E-state index contributed by atoms with van der Waals surface area (Å²) in [6.45, 7) is 1.78. The van der Waals surface area contributed by atoms with Crippen molar-refractivity contribution in [2.75, 3.05) is 26.7 Å². The molecular weight excluding hydrogens is 360 g/mol. The van der Waals surface area contributed by atoms with Crippen molar-refractivity contribution in [2.45, 2.75) is 6.04 Å². The average Bonchev–Trinajstić information content (AvgIpc) is 3.02. The first-order valence-corrected chi connectivity index (χ1v) is 7.99. The van der Waals surface area contributed by atoms with Crippen LogP contribution in [0.5, 0.6) is 5.75 Å². The molecule has 140 valence electrons. The first-order valence-electron chi connectivity index (χ1n) is 7.99. The largest absolute Gasteiger partial charge is 0.496 e. The van der Waals surface area contributed by atoms with Gasteiger partial charge in [0.25, 0.3) is 5.91 Å². The molecule has 1 saturated heterocycles. The van der Waals surface area contributed by atoms with Gasteiger partial charge in [-0.3, -0.25) is 4.79 Å². The van der Waals surface area contributed by atoms with E-state index in [0.29, 0.717) is 31.1 Å². The molecule has 2 aromatic rings. The SMILES string of the molecule is COc1ccccc1C1CNCCN1C(=O)c1ccc([N+](=O)[O-])n1C.Cl. The number of para-hydroxylation sites is 1. The summed E-state index contributed by atoms with van der Waals surface area (Å²) in [5, 5.41) is 14.3. The Kier molecular flexibility index (Phi) is 6.23. The smallest absolute Gasteiger partial charge is 0.323 e. The number of carbonyl (C=O) groups is 1. The number of ether oxygens (including phenoxy) is 1. The zero-order valence-electron chi connectivity index (χ0n) is 14.5. The third-order valence-electron chi connectivity index (χ3n) is 4.50. The van der Waals surface area contributed by atoms with Crippen LogP contribution in [0.4, 0.5) is 5.82 Å². The van der Waals surface area contributed by atoms with Crippen molar-refractivity contribution in [3.63, 3.8) is 0 Å². The van der Waals surface area contributed by atoms with Gasteiger partial charge in [0.05, 0.1) is 20.2 Å². The molecule has 8 nitrogen and oxygen atoms in total. The Morgan fingerprint density at radius 2 is 2.04 bits per heavy atom. The second kappa shape index (κ2) is 8.20. The van der Waals surface area contributed by atoms with Crippen molar-refractivity contribution in [3.05, 3.63) is 57.8 Å². The maximum Gasteiger partial charge on any atom is 0.323 e. The minimum Gasteiger partial charge on any atom is -0.496 e. The molecule has 0 aliphatic carbocycles. The predicted octanol–water partition coefficient (Wildman–Crippen LogP) is 2.15. The molecule has 26 heavy (non-hydrogen) atoms. The van der Waals surface area contributed by atoms with E-state index in [9.17, 15) is 14.9 Å². The van der Waals surface area contributed by atoms with Crippen LogP contribution in [0.15, 0.2) is 36.4 Å². The van der Waals surface area contributed by atoms with E-state index in [1.54, 1.807) is 12.0 Å². The quantitative estimate of drug-likeness (QED) is 0.648. The van der Waals surface area contributed by atoms with Crippen molar-refractivity contribution < 1.29 is 14.5 Å². The fourth-order valence-electron chi connectivity index (χ4n) is 3.21. The zero-order valence-corrected chi connectivity index (χ0v) is 15.4. The number of amides is 1. The Bertz CT molecular complexity index is 808. The highest BCUT2D eigenvalue weighted by Crippen LogP contribution is 2.31. The number of hydrogen-bond donors (Lipinski definition) is 1. The Morgan fingerprint density at radius 1 is 1.31 bits per heavy atom. The van der Waals surface area contributed by atoms with Crippen LogP contribution in [-0.2, 0) is 7.05 Å². The number of nitro groups is 1. The Hall–Kier alpha value is -2.58. The van der Waals surface area contributed by atoms with E-state index in [-0.39, 0.29) is 30.2 Å². The highest BCUT2D eigenvalue weighted by Gasteiger charge is 2.33. The van der Waals surface area contributed by atoms with Crippen LogP contribution in [0.1, 0.15) is 22.1 Å². The Balaban J connectivity index is 0.00000243. The van der Waals surface area contributed by atoms with E-state index in [4.69, 9.17) is 4.74 Å². The highest BCUT2D eigenvalue weighted by atomic mass is 35.5. The monoisotopic (exact) mass is 380 g/mol. The summed E-state index contributed by atoms with van der Waals surface area (Å²) < 4.78 is 6.75. The van der Waals surface area contributed by atoms with Crippen LogP contribution in [0.3, 0.4) is 0 Å². The van der Waals surface area contributed by atoms with Gasteiger partial charge in [-0.25, -0.2) is 4.57 Å². The van der Waals surface area contributed by atoms with Crippen molar-refractivity contribution in [2.24, 2.45) is 7.05 Å². The van der Waals surface area contributed by atoms with E-state index in [1.807, 2.05) is 24.3 Å². The van der Waals surface area contributed by atoms with Crippen LogP contribution in [-0.4, -0.2) is 47.0 Å². The van der Waals surface area contributed by atoms with Gasteiger partial charge >= 0.3 is 5.82 Å². The molecule has 1 amide bonds. The van der Waals surface area contributed by atoms with Crippen LogP contribution >= 0.6 is 12.4 Å². The molecule has 1 aliphatic heterocycles. The third-order valence-corrected chi connectivity index (χ3v) is 4.50.